The molecule has 0 radical (unpaired) electrons. The molecule has 1 aromatic carbocycles. The van der Waals surface area contributed by atoms with Gasteiger partial charge in [0.1, 0.15) is 0 Å². The molecule has 2 nitrogen and oxygen atoms in total. The number of halogens is 2. The van der Waals surface area contributed by atoms with Crippen LogP contribution in [-0.4, -0.2) is 0 Å². The van der Waals surface area contributed by atoms with E-state index in [4.69, 9.17) is 10.5 Å². The number of nitriles is 2. The fraction of sp³-hybridized carbons (Fsp3) is 0.200. The van der Waals surface area contributed by atoms with E-state index in [1.54, 1.807) is 12.1 Å². The minimum absolute atomic E-state index is 0.590. The van der Waals surface area contributed by atoms with Crippen LogP contribution in [-0.2, 0) is 10.7 Å². The van der Waals surface area contributed by atoms with Crippen LogP contribution in [0.25, 0.3) is 0 Å². The van der Waals surface area contributed by atoms with Crippen molar-refractivity contribution < 1.29 is 0 Å². The lowest BCUT2D eigenvalue weighted by Crippen LogP contribution is -1.93. The van der Waals surface area contributed by atoms with Crippen LogP contribution < -0.4 is 0 Å². The van der Waals surface area contributed by atoms with Crippen molar-refractivity contribution >= 4 is 31.9 Å². The van der Waals surface area contributed by atoms with E-state index < -0.39 is 0 Å². The van der Waals surface area contributed by atoms with Crippen LogP contribution in [0.5, 0.6) is 0 Å². The number of alkyl halides is 2. The Morgan fingerprint density at radius 2 is 1.29 bits per heavy atom. The minimum atomic E-state index is 0.590. The molecular formula is C10H6Br2N2. The Morgan fingerprint density at radius 1 is 0.929 bits per heavy atom. The van der Waals surface area contributed by atoms with Crippen molar-refractivity contribution in [3.63, 3.8) is 0 Å². The Morgan fingerprint density at radius 3 is 1.50 bits per heavy atom. The predicted octanol–water partition coefficient (Wildman–Crippen LogP) is 3.22. The average Bonchev–Trinajstić information content (AvgIpc) is 2.26. The SMILES string of the molecule is N#Cc1cc(CBr)c(C#N)cc1CBr. The van der Waals surface area contributed by atoms with Crippen LogP contribution in [0.1, 0.15) is 22.3 Å². The van der Waals surface area contributed by atoms with E-state index in [0.717, 1.165) is 11.1 Å². The zero-order chi connectivity index (χ0) is 10.6. The highest BCUT2D eigenvalue weighted by molar-refractivity contribution is 9.08. The fourth-order valence-electron chi connectivity index (χ4n) is 1.12. The van der Waals surface area contributed by atoms with Crippen molar-refractivity contribution in [1.82, 2.24) is 0 Å². The molecule has 1 aromatic rings. The van der Waals surface area contributed by atoms with Crippen LogP contribution in [0.2, 0.25) is 0 Å². The van der Waals surface area contributed by atoms with Crippen LogP contribution in [0.3, 0.4) is 0 Å². The third kappa shape index (κ3) is 2.15. The molecule has 70 valence electrons. The molecule has 0 aliphatic rings. The molecule has 0 N–H and O–H groups in total. The lowest BCUT2D eigenvalue weighted by molar-refractivity contribution is 1.29. The number of hydrogen-bond donors (Lipinski definition) is 0. The third-order valence-electron chi connectivity index (χ3n) is 1.86. The van der Waals surface area contributed by atoms with Gasteiger partial charge in [-0.15, -0.1) is 0 Å². The summed E-state index contributed by atoms with van der Waals surface area (Å²) in [5.74, 6) is 0. The van der Waals surface area contributed by atoms with Gasteiger partial charge in [-0.3, -0.25) is 0 Å². The molecule has 0 heterocycles. The summed E-state index contributed by atoms with van der Waals surface area (Å²) in [6, 6.07) is 7.73. The maximum Gasteiger partial charge on any atom is 0.0994 e. The summed E-state index contributed by atoms with van der Waals surface area (Å²) in [6.45, 7) is 0. The van der Waals surface area contributed by atoms with Crippen molar-refractivity contribution in [2.45, 2.75) is 10.7 Å². The highest BCUT2D eigenvalue weighted by atomic mass is 79.9. The van der Waals surface area contributed by atoms with Gasteiger partial charge >= 0.3 is 0 Å². The van der Waals surface area contributed by atoms with Crippen molar-refractivity contribution in [2.24, 2.45) is 0 Å². The topological polar surface area (TPSA) is 47.6 Å². The lowest BCUT2D eigenvalue weighted by Gasteiger charge is -2.04. The summed E-state index contributed by atoms with van der Waals surface area (Å²) in [7, 11) is 0. The molecule has 0 bridgehead atoms. The van der Waals surface area contributed by atoms with E-state index in [2.05, 4.69) is 44.0 Å². The Hall–Kier alpha value is -0.840. The maximum absolute atomic E-state index is 8.86. The van der Waals surface area contributed by atoms with Gasteiger partial charge in [-0.2, -0.15) is 10.5 Å². The van der Waals surface area contributed by atoms with Gasteiger partial charge in [-0.05, 0) is 23.3 Å². The summed E-state index contributed by atoms with van der Waals surface area (Å²) >= 11 is 6.57. The first-order valence-electron chi connectivity index (χ1n) is 3.84. The Balaban J connectivity index is 3.39. The monoisotopic (exact) mass is 312 g/mol. The largest absolute Gasteiger partial charge is 0.192 e. The molecule has 0 saturated carbocycles. The van der Waals surface area contributed by atoms with Gasteiger partial charge in [0.2, 0.25) is 0 Å². The van der Waals surface area contributed by atoms with Crippen molar-refractivity contribution in [3.05, 3.63) is 34.4 Å². The molecule has 0 saturated heterocycles. The quantitative estimate of drug-likeness (QED) is 0.787. The van der Waals surface area contributed by atoms with Gasteiger partial charge in [-0.1, -0.05) is 31.9 Å². The first kappa shape index (κ1) is 11.2. The Kier molecular flexibility index (Phi) is 4.13. The predicted molar refractivity (Wildman–Crippen MR) is 61.1 cm³/mol. The molecule has 0 amide bonds. The zero-order valence-electron chi connectivity index (χ0n) is 7.22. The van der Waals surface area contributed by atoms with Crippen LogP contribution in [0, 0.1) is 22.7 Å². The van der Waals surface area contributed by atoms with Crippen LogP contribution in [0.15, 0.2) is 12.1 Å². The molecule has 4 heteroatoms. The second-order valence-electron chi connectivity index (χ2n) is 2.66. The molecule has 0 unspecified atom stereocenters. The number of hydrogen-bond acceptors (Lipinski definition) is 2. The normalized spacial score (nSPS) is 9.14. The lowest BCUT2D eigenvalue weighted by atomic mass is 10.0. The van der Waals surface area contributed by atoms with E-state index in [-0.39, 0.29) is 0 Å². The molecule has 0 aliphatic carbocycles. The van der Waals surface area contributed by atoms with Crippen LogP contribution in [0.4, 0.5) is 0 Å². The van der Waals surface area contributed by atoms with Crippen molar-refractivity contribution in [1.29, 1.82) is 10.5 Å². The Labute approximate surface area is 99.4 Å². The first-order chi connectivity index (χ1) is 6.76. The van der Waals surface area contributed by atoms with E-state index in [9.17, 15) is 0 Å². The summed E-state index contributed by atoms with van der Waals surface area (Å²) in [6.07, 6.45) is 0. The second kappa shape index (κ2) is 5.14. The van der Waals surface area contributed by atoms with E-state index in [1.165, 1.54) is 0 Å². The molecular weight excluding hydrogens is 308 g/mol. The molecule has 0 fully saturated rings. The molecule has 0 atom stereocenters. The standard InChI is InChI=1S/C10H6Br2N2/c11-3-7-1-9(5-13)8(4-12)2-10(7)6-14/h1-2H,3-4H2. The summed E-state index contributed by atoms with van der Waals surface area (Å²) in [5.41, 5.74) is 2.95. The number of nitrogens with zero attached hydrogens (tertiary/aromatic N) is 2. The van der Waals surface area contributed by atoms with E-state index >= 15 is 0 Å². The van der Waals surface area contributed by atoms with Gasteiger partial charge in [0.05, 0.1) is 23.3 Å². The third-order valence-corrected chi connectivity index (χ3v) is 3.07. The second-order valence-corrected chi connectivity index (χ2v) is 3.78. The highest BCUT2D eigenvalue weighted by Crippen LogP contribution is 2.20. The summed E-state index contributed by atoms with van der Waals surface area (Å²) < 4.78 is 0. The maximum atomic E-state index is 8.86. The highest BCUT2D eigenvalue weighted by Gasteiger charge is 2.07. The molecule has 0 spiro atoms. The van der Waals surface area contributed by atoms with Crippen molar-refractivity contribution in [3.8, 4) is 12.1 Å². The molecule has 0 aliphatic heterocycles. The fourth-order valence-corrected chi connectivity index (χ4v) is 2.05. The van der Waals surface area contributed by atoms with E-state index in [1.807, 2.05) is 0 Å². The van der Waals surface area contributed by atoms with E-state index in [0.29, 0.717) is 21.8 Å². The van der Waals surface area contributed by atoms with Gasteiger partial charge in [-0.25, -0.2) is 0 Å². The van der Waals surface area contributed by atoms with Crippen molar-refractivity contribution in [2.75, 3.05) is 0 Å². The van der Waals surface area contributed by atoms with Gasteiger partial charge in [0.25, 0.3) is 0 Å². The van der Waals surface area contributed by atoms with Gasteiger partial charge < -0.3 is 0 Å². The first-order valence-corrected chi connectivity index (χ1v) is 6.09. The van der Waals surface area contributed by atoms with Gasteiger partial charge in [0.15, 0.2) is 0 Å². The number of benzene rings is 1. The Bertz CT molecular complexity index is 385. The van der Waals surface area contributed by atoms with Gasteiger partial charge in [0, 0.05) is 10.7 Å². The number of rotatable bonds is 2. The van der Waals surface area contributed by atoms with Crippen LogP contribution >= 0.6 is 31.9 Å². The smallest absolute Gasteiger partial charge is 0.0994 e. The molecule has 0 aromatic heterocycles. The zero-order valence-corrected chi connectivity index (χ0v) is 10.4. The molecule has 1 rings (SSSR count). The summed E-state index contributed by atoms with van der Waals surface area (Å²) in [5, 5.41) is 18.9. The minimum Gasteiger partial charge on any atom is -0.192 e. The summed E-state index contributed by atoms with van der Waals surface area (Å²) in [4.78, 5) is 0. The average molecular weight is 314 g/mol. The molecule has 14 heavy (non-hydrogen) atoms.